The Bertz CT molecular complexity index is 2710. The Balaban J connectivity index is 1.06. The lowest BCUT2D eigenvalue weighted by Gasteiger charge is -2.33. The van der Waals surface area contributed by atoms with Crippen LogP contribution in [0.25, 0.3) is 44.2 Å². The number of rotatable bonds is 14. The van der Waals surface area contributed by atoms with Crippen LogP contribution in [0.1, 0.15) is 81.4 Å². The maximum absolute atomic E-state index is 14.4. The molecule has 2 aliphatic heterocycles. The molecule has 5 atom stereocenters. The van der Waals surface area contributed by atoms with Gasteiger partial charge in [0.2, 0.25) is 5.91 Å². The van der Waals surface area contributed by atoms with Gasteiger partial charge in [-0.25, -0.2) is 19.6 Å². The minimum absolute atomic E-state index is 0.0565. The molecule has 1 saturated heterocycles. The third-order valence-electron chi connectivity index (χ3n) is 12.5. The summed E-state index contributed by atoms with van der Waals surface area (Å²) in [5.74, 6) is 1.47. The van der Waals surface area contributed by atoms with Crippen LogP contribution in [0, 0.1) is 11.8 Å². The Kier molecular flexibility index (Phi) is 13.1. The van der Waals surface area contributed by atoms with Gasteiger partial charge in [-0.05, 0) is 77.6 Å². The molecule has 8 rings (SSSR count). The topological polar surface area (TPSA) is 193 Å². The average molecular weight is 885 g/mol. The first kappa shape index (κ1) is 44.7. The highest BCUT2D eigenvalue weighted by molar-refractivity contribution is 6.07. The van der Waals surface area contributed by atoms with Crippen LogP contribution in [0.4, 0.5) is 9.59 Å². The summed E-state index contributed by atoms with van der Waals surface area (Å²) in [4.78, 5) is 73.2. The summed E-state index contributed by atoms with van der Waals surface area (Å²) in [5, 5.41) is 7.35. The molecule has 16 heteroatoms. The molecule has 1 fully saturated rings. The van der Waals surface area contributed by atoms with Crippen molar-refractivity contribution < 1.29 is 38.1 Å². The Hall–Kier alpha value is -6.94. The van der Waals surface area contributed by atoms with Gasteiger partial charge < -0.3 is 49.3 Å². The van der Waals surface area contributed by atoms with E-state index in [9.17, 15) is 19.2 Å². The van der Waals surface area contributed by atoms with Crippen LogP contribution < -0.4 is 15.4 Å². The second-order valence-corrected chi connectivity index (χ2v) is 17.1. The standard InChI is InChI=1S/C49H56N8O8/c1-8-18-56(46(58)41(27(2)3)54-48(60)63-6)28(4)44-50-23-38(52-44)32-14-16-34-33(20-32)26-65-40-22-35-31(21-36(34)40)15-17-37-43(35)53-45(51-37)39-19-29(25-62-5)24-57(39)47(59)42(55-49(61)64-7)30-12-10-9-11-13-30/h9-17,20-23,27-29,39,41-42H,8,18-19,24-26H2,1-7H3,(H,50,52)(H,51,53)(H,54,60)(H,55,61). The third-order valence-corrected chi connectivity index (χ3v) is 12.5. The van der Waals surface area contributed by atoms with E-state index in [0.717, 1.165) is 61.9 Å². The minimum atomic E-state index is -0.957. The van der Waals surface area contributed by atoms with Gasteiger partial charge in [0.25, 0.3) is 5.91 Å². The second kappa shape index (κ2) is 19.0. The molecule has 16 nitrogen and oxygen atoms in total. The van der Waals surface area contributed by atoms with Gasteiger partial charge in [-0.15, -0.1) is 0 Å². The smallest absolute Gasteiger partial charge is 0.407 e. The Morgan fingerprint density at radius 1 is 0.923 bits per heavy atom. The summed E-state index contributed by atoms with van der Waals surface area (Å²) in [6.07, 6.45) is 1.79. The zero-order valence-electron chi connectivity index (χ0n) is 37.8. The van der Waals surface area contributed by atoms with E-state index in [-0.39, 0.29) is 29.7 Å². The van der Waals surface area contributed by atoms with Crippen LogP contribution in [0.5, 0.6) is 5.75 Å². The predicted molar refractivity (Wildman–Crippen MR) is 245 cm³/mol. The molecule has 4 aromatic carbocycles. The number of carbonyl (C=O) groups is 4. The lowest BCUT2D eigenvalue weighted by atomic mass is 9.92. The molecule has 4 amide bonds. The first-order valence-electron chi connectivity index (χ1n) is 22.0. The Morgan fingerprint density at radius 2 is 1.69 bits per heavy atom. The number of nitrogens with zero attached hydrogens (tertiary/aromatic N) is 4. The predicted octanol–water partition coefficient (Wildman–Crippen LogP) is 7.98. The second-order valence-electron chi connectivity index (χ2n) is 17.1. The first-order valence-corrected chi connectivity index (χ1v) is 22.0. The van der Waals surface area contributed by atoms with E-state index in [4.69, 9.17) is 28.9 Å². The Labute approximate surface area is 377 Å². The number of hydrogen-bond donors (Lipinski definition) is 4. The molecule has 65 heavy (non-hydrogen) atoms. The van der Waals surface area contributed by atoms with Gasteiger partial charge in [0.05, 0.1) is 55.8 Å². The van der Waals surface area contributed by atoms with E-state index in [1.165, 1.54) is 14.2 Å². The molecule has 2 aliphatic rings. The third kappa shape index (κ3) is 8.95. The summed E-state index contributed by atoms with van der Waals surface area (Å²) in [5.41, 5.74) is 7.02. The van der Waals surface area contributed by atoms with Crippen molar-refractivity contribution in [2.45, 2.75) is 71.3 Å². The van der Waals surface area contributed by atoms with E-state index >= 15 is 0 Å². The van der Waals surface area contributed by atoms with Crippen LogP contribution in [0.15, 0.2) is 79.0 Å². The number of aromatic nitrogens is 4. The number of fused-ring (bicyclic) bond motifs is 6. The largest absolute Gasteiger partial charge is 0.488 e. The molecular weight excluding hydrogens is 829 g/mol. The highest BCUT2D eigenvalue weighted by atomic mass is 16.5. The number of imidazole rings is 2. The number of likely N-dealkylation sites (tertiary alicyclic amines) is 1. The molecule has 5 unspecified atom stereocenters. The summed E-state index contributed by atoms with van der Waals surface area (Å²) < 4.78 is 21.7. The van der Waals surface area contributed by atoms with Crippen molar-refractivity contribution in [2.24, 2.45) is 11.8 Å². The molecule has 4 heterocycles. The minimum Gasteiger partial charge on any atom is -0.488 e. The molecular formula is C49H56N8O8. The SMILES string of the molecule is CCCN(C(=O)C(NC(=O)OC)C(C)C)C(C)c1ncc(-c2ccc3c(c2)COc2cc4c(ccc5[nH]c(C6CC(COC)CN6C(=O)C(NC(=O)OC)c6ccccc6)nc54)cc2-3)[nH]1. The molecule has 0 saturated carbocycles. The highest BCUT2D eigenvalue weighted by Crippen LogP contribution is 2.44. The normalized spacial score (nSPS) is 16.9. The van der Waals surface area contributed by atoms with Gasteiger partial charge in [-0.1, -0.05) is 69.3 Å². The fourth-order valence-corrected chi connectivity index (χ4v) is 9.15. The lowest BCUT2D eigenvalue weighted by Crippen LogP contribution is -2.52. The monoisotopic (exact) mass is 884 g/mol. The number of hydrogen-bond acceptors (Lipinski definition) is 10. The van der Waals surface area contributed by atoms with Crippen molar-refractivity contribution in [3.63, 3.8) is 0 Å². The van der Waals surface area contributed by atoms with E-state index in [1.807, 2.05) is 70.2 Å². The lowest BCUT2D eigenvalue weighted by molar-refractivity contribution is -0.137. The first-order chi connectivity index (χ1) is 31.4. The fourth-order valence-electron chi connectivity index (χ4n) is 9.15. The highest BCUT2D eigenvalue weighted by Gasteiger charge is 2.41. The maximum atomic E-state index is 14.4. The molecule has 6 aromatic rings. The Morgan fingerprint density at radius 3 is 2.42 bits per heavy atom. The number of carbonyl (C=O) groups excluding carboxylic acids is 4. The molecule has 0 aliphatic carbocycles. The van der Waals surface area contributed by atoms with Gasteiger partial charge >= 0.3 is 12.2 Å². The number of methoxy groups -OCH3 is 3. The quantitative estimate of drug-likeness (QED) is 0.0834. The van der Waals surface area contributed by atoms with Crippen LogP contribution in [-0.2, 0) is 30.4 Å². The average Bonchev–Trinajstić information content (AvgIpc) is 4.10. The van der Waals surface area contributed by atoms with Crippen molar-refractivity contribution in [3.05, 3.63) is 102 Å². The number of alkyl carbamates (subject to hydrolysis) is 2. The summed E-state index contributed by atoms with van der Waals surface area (Å²) in [6, 6.07) is 21.2. The number of ether oxygens (including phenoxy) is 4. The molecule has 4 N–H and O–H groups in total. The number of benzene rings is 4. The zero-order chi connectivity index (χ0) is 45.9. The van der Waals surface area contributed by atoms with Crippen LogP contribution in [0.3, 0.4) is 0 Å². The van der Waals surface area contributed by atoms with Gasteiger partial charge in [0, 0.05) is 37.1 Å². The van der Waals surface area contributed by atoms with Gasteiger partial charge in [-0.2, -0.15) is 0 Å². The van der Waals surface area contributed by atoms with Crippen LogP contribution >= 0.6 is 0 Å². The molecule has 2 aromatic heterocycles. The van der Waals surface area contributed by atoms with E-state index in [2.05, 4.69) is 50.9 Å². The number of amides is 4. The molecule has 340 valence electrons. The number of nitrogens with one attached hydrogen (secondary N) is 4. The van der Waals surface area contributed by atoms with Crippen molar-refractivity contribution in [2.75, 3.05) is 41.0 Å². The summed E-state index contributed by atoms with van der Waals surface area (Å²) in [7, 11) is 4.21. The number of aromatic amines is 2. The molecule has 0 bridgehead atoms. The molecule has 0 radical (unpaired) electrons. The van der Waals surface area contributed by atoms with Crippen LogP contribution in [-0.4, -0.2) is 101 Å². The van der Waals surface area contributed by atoms with Gasteiger partial charge in [-0.3, -0.25) is 9.59 Å². The summed E-state index contributed by atoms with van der Waals surface area (Å²) >= 11 is 0. The van der Waals surface area contributed by atoms with Gasteiger partial charge in [0.1, 0.15) is 36.1 Å². The van der Waals surface area contributed by atoms with E-state index in [0.29, 0.717) is 49.9 Å². The van der Waals surface area contributed by atoms with Crippen LogP contribution in [0.2, 0.25) is 0 Å². The number of H-pyrrole nitrogens is 2. The van der Waals surface area contributed by atoms with E-state index < -0.39 is 30.3 Å². The van der Waals surface area contributed by atoms with Crippen molar-refractivity contribution in [3.8, 4) is 28.1 Å². The van der Waals surface area contributed by atoms with Crippen molar-refractivity contribution in [1.82, 2.24) is 40.4 Å². The van der Waals surface area contributed by atoms with E-state index in [1.54, 1.807) is 23.1 Å². The molecule has 0 spiro atoms. The van der Waals surface area contributed by atoms with Crippen molar-refractivity contribution in [1.29, 1.82) is 0 Å². The zero-order valence-corrected chi connectivity index (χ0v) is 37.8. The van der Waals surface area contributed by atoms with Crippen molar-refractivity contribution >= 4 is 45.8 Å². The summed E-state index contributed by atoms with van der Waals surface area (Å²) in [6.45, 7) is 9.46. The maximum Gasteiger partial charge on any atom is 0.407 e. The fraction of sp³-hybridized carbons (Fsp3) is 0.388. The van der Waals surface area contributed by atoms with Gasteiger partial charge in [0.15, 0.2) is 0 Å².